The lowest BCUT2D eigenvalue weighted by atomic mass is 9.93. The smallest absolute Gasteiger partial charge is 0.338 e. The molecule has 7 heteroatoms. The first-order chi connectivity index (χ1) is 16.6. The van der Waals surface area contributed by atoms with Crippen LogP contribution in [-0.2, 0) is 9.53 Å². The van der Waals surface area contributed by atoms with Crippen molar-refractivity contribution in [2.75, 3.05) is 6.61 Å². The fraction of sp³-hybridized carbons (Fsp3) is 0.148. The zero-order chi connectivity index (χ0) is 23.7. The van der Waals surface area contributed by atoms with E-state index in [-0.39, 0.29) is 12.2 Å². The number of carbonyl (C=O) groups excluding carboxylic acids is 1. The van der Waals surface area contributed by atoms with Gasteiger partial charge in [-0.3, -0.25) is 9.36 Å². The number of ether oxygens (including phenoxy) is 1. The Morgan fingerprint density at radius 2 is 1.79 bits per heavy atom. The van der Waals surface area contributed by atoms with Crippen molar-refractivity contribution in [3.05, 3.63) is 121 Å². The number of aryl methyl sites for hydroxylation is 1. The molecular formula is C27H22N2O4S. The molecule has 1 unspecified atom stereocenters. The van der Waals surface area contributed by atoms with Gasteiger partial charge in [-0.2, -0.15) is 0 Å². The fourth-order valence-electron chi connectivity index (χ4n) is 4.05. The highest BCUT2D eigenvalue weighted by atomic mass is 32.1. The summed E-state index contributed by atoms with van der Waals surface area (Å²) in [5.74, 6) is 0.860. The van der Waals surface area contributed by atoms with E-state index in [1.54, 1.807) is 17.6 Å². The van der Waals surface area contributed by atoms with Gasteiger partial charge in [-0.15, -0.1) is 0 Å². The van der Waals surface area contributed by atoms with E-state index in [4.69, 9.17) is 14.1 Å². The van der Waals surface area contributed by atoms with Gasteiger partial charge >= 0.3 is 5.97 Å². The second-order valence-electron chi connectivity index (χ2n) is 7.79. The molecule has 0 saturated heterocycles. The van der Waals surface area contributed by atoms with Gasteiger partial charge in [0, 0.05) is 11.6 Å². The largest absolute Gasteiger partial charge is 0.463 e. The average Bonchev–Trinajstić information content (AvgIpc) is 3.41. The van der Waals surface area contributed by atoms with Crippen LogP contribution in [0, 0.1) is 6.92 Å². The Balaban J connectivity index is 1.83. The Morgan fingerprint density at radius 1 is 1.09 bits per heavy atom. The van der Waals surface area contributed by atoms with Gasteiger partial charge in [0.2, 0.25) is 0 Å². The van der Waals surface area contributed by atoms with E-state index in [0.717, 1.165) is 16.9 Å². The van der Waals surface area contributed by atoms with Crippen LogP contribution >= 0.6 is 11.3 Å². The molecule has 2 aromatic carbocycles. The van der Waals surface area contributed by atoms with Crippen LogP contribution in [0.15, 0.2) is 92.6 Å². The van der Waals surface area contributed by atoms with Crippen molar-refractivity contribution in [2.24, 2.45) is 4.99 Å². The van der Waals surface area contributed by atoms with Gasteiger partial charge in [0.05, 0.1) is 28.5 Å². The Hall–Kier alpha value is -3.97. The van der Waals surface area contributed by atoms with Crippen molar-refractivity contribution in [3.8, 4) is 0 Å². The average molecular weight is 471 g/mol. The molecule has 1 atom stereocenters. The lowest BCUT2D eigenvalue weighted by molar-refractivity contribution is -0.138. The van der Waals surface area contributed by atoms with Crippen molar-refractivity contribution in [3.63, 3.8) is 0 Å². The number of benzene rings is 2. The molecule has 4 aromatic rings. The van der Waals surface area contributed by atoms with Crippen molar-refractivity contribution >= 4 is 29.1 Å². The Kier molecular flexibility index (Phi) is 5.86. The van der Waals surface area contributed by atoms with Crippen LogP contribution in [0.25, 0.3) is 11.8 Å². The molecule has 170 valence electrons. The van der Waals surface area contributed by atoms with E-state index >= 15 is 0 Å². The van der Waals surface area contributed by atoms with Crippen LogP contribution in [0.2, 0.25) is 0 Å². The predicted octanol–water partition coefficient (Wildman–Crippen LogP) is 3.84. The summed E-state index contributed by atoms with van der Waals surface area (Å²) < 4.78 is 13.2. The molecule has 1 aliphatic heterocycles. The lowest BCUT2D eigenvalue weighted by Crippen LogP contribution is -2.39. The highest BCUT2D eigenvalue weighted by Gasteiger charge is 2.35. The predicted molar refractivity (Wildman–Crippen MR) is 131 cm³/mol. The number of esters is 1. The molecule has 5 rings (SSSR count). The van der Waals surface area contributed by atoms with Gasteiger partial charge in [-0.05, 0) is 31.5 Å². The maximum atomic E-state index is 13.6. The fourth-order valence-corrected chi connectivity index (χ4v) is 5.03. The van der Waals surface area contributed by atoms with Crippen LogP contribution in [0.3, 0.4) is 0 Å². The molecule has 0 bridgehead atoms. The van der Waals surface area contributed by atoms with Gasteiger partial charge in [-0.1, -0.05) is 72.0 Å². The monoisotopic (exact) mass is 470 g/mol. The number of aromatic nitrogens is 1. The Labute approximate surface area is 199 Å². The van der Waals surface area contributed by atoms with E-state index in [0.29, 0.717) is 26.4 Å². The topological polar surface area (TPSA) is 73.8 Å². The molecule has 0 N–H and O–H groups in total. The summed E-state index contributed by atoms with van der Waals surface area (Å²) in [5, 5.41) is 0. The third kappa shape index (κ3) is 3.95. The van der Waals surface area contributed by atoms with Gasteiger partial charge in [0.15, 0.2) is 4.80 Å². The molecule has 3 heterocycles. The van der Waals surface area contributed by atoms with Crippen molar-refractivity contribution in [1.82, 2.24) is 4.57 Å². The zero-order valence-electron chi connectivity index (χ0n) is 18.7. The number of nitrogens with zero attached hydrogens (tertiary/aromatic N) is 2. The third-order valence-corrected chi connectivity index (χ3v) is 6.51. The number of furan rings is 1. The molecule has 0 fully saturated rings. The highest BCUT2D eigenvalue weighted by molar-refractivity contribution is 7.07. The minimum absolute atomic E-state index is 0.216. The molecule has 0 saturated carbocycles. The molecule has 2 aromatic heterocycles. The first kappa shape index (κ1) is 21.9. The first-order valence-corrected chi connectivity index (χ1v) is 11.8. The minimum Gasteiger partial charge on any atom is -0.463 e. The zero-order valence-corrected chi connectivity index (χ0v) is 19.5. The molecule has 0 amide bonds. The number of rotatable bonds is 5. The van der Waals surface area contributed by atoms with E-state index in [1.165, 1.54) is 11.3 Å². The van der Waals surface area contributed by atoms with Gasteiger partial charge in [0.1, 0.15) is 11.5 Å². The number of hydrogen-bond donors (Lipinski definition) is 0. The third-order valence-electron chi connectivity index (χ3n) is 5.52. The maximum absolute atomic E-state index is 13.6. The second-order valence-corrected chi connectivity index (χ2v) is 8.80. The summed E-state index contributed by atoms with van der Waals surface area (Å²) in [6.07, 6.45) is 1.72. The van der Waals surface area contributed by atoms with E-state index in [1.807, 2.05) is 79.7 Å². The van der Waals surface area contributed by atoms with Gasteiger partial charge in [0.25, 0.3) is 5.56 Å². The summed E-state index contributed by atoms with van der Waals surface area (Å²) >= 11 is 1.27. The SMILES string of the molecule is CCOC(=O)C1=C(c2ccccc2)N=c2s/c(=C\c3ccc(C)o3)c(=O)n2C1c1ccccc1. The standard InChI is InChI=1S/C27H22N2O4S/c1-3-32-26(31)22-23(18-10-6-4-7-11-18)28-27-29(24(22)19-12-8-5-9-13-19)25(30)21(34-27)16-20-15-14-17(2)33-20/h4-16,24H,3H2,1-2H3/b21-16-. The summed E-state index contributed by atoms with van der Waals surface area (Å²) in [6.45, 7) is 3.83. The van der Waals surface area contributed by atoms with E-state index in [9.17, 15) is 9.59 Å². The summed E-state index contributed by atoms with van der Waals surface area (Å²) in [6, 6.07) is 22.0. The normalized spacial score (nSPS) is 15.7. The molecule has 6 nitrogen and oxygen atoms in total. The number of carbonyl (C=O) groups is 1. The van der Waals surface area contributed by atoms with Crippen LogP contribution in [-0.4, -0.2) is 17.1 Å². The highest BCUT2D eigenvalue weighted by Crippen LogP contribution is 2.34. The number of thiazole rings is 1. The maximum Gasteiger partial charge on any atom is 0.338 e. The summed E-state index contributed by atoms with van der Waals surface area (Å²) in [5.41, 5.74) is 2.20. The Bertz CT molecular complexity index is 1560. The molecular weight excluding hydrogens is 448 g/mol. The molecule has 0 spiro atoms. The van der Waals surface area contributed by atoms with E-state index in [2.05, 4.69) is 0 Å². The second kappa shape index (κ2) is 9.11. The van der Waals surface area contributed by atoms with Crippen LogP contribution in [0.1, 0.15) is 35.6 Å². The molecule has 1 aliphatic rings. The van der Waals surface area contributed by atoms with E-state index < -0.39 is 12.0 Å². The van der Waals surface area contributed by atoms with Crippen molar-refractivity contribution in [2.45, 2.75) is 19.9 Å². The van der Waals surface area contributed by atoms with Gasteiger partial charge < -0.3 is 9.15 Å². The first-order valence-electron chi connectivity index (χ1n) is 11.0. The Morgan fingerprint density at radius 3 is 2.44 bits per heavy atom. The van der Waals surface area contributed by atoms with Gasteiger partial charge in [-0.25, -0.2) is 9.79 Å². The number of hydrogen-bond acceptors (Lipinski definition) is 6. The van der Waals surface area contributed by atoms with Crippen molar-refractivity contribution < 1.29 is 13.9 Å². The van der Waals surface area contributed by atoms with Crippen molar-refractivity contribution in [1.29, 1.82) is 0 Å². The lowest BCUT2D eigenvalue weighted by Gasteiger charge is -2.25. The number of fused-ring (bicyclic) bond motifs is 1. The quantitative estimate of drug-likeness (QED) is 0.416. The molecule has 34 heavy (non-hydrogen) atoms. The van der Waals surface area contributed by atoms with Crippen LogP contribution in [0.4, 0.5) is 0 Å². The minimum atomic E-state index is -0.674. The molecule has 0 aliphatic carbocycles. The van der Waals surface area contributed by atoms with Crippen LogP contribution < -0.4 is 14.9 Å². The molecule has 0 radical (unpaired) electrons. The summed E-state index contributed by atoms with van der Waals surface area (Å²) in [4.78, 5) is 32.3. The summed E-state index contributed by atoms with van der Waals surface area (Å²) in [7, 11) is 0. The van der Waals surface area contributed by atoms with Crippen LogP contribution in [0.5, 0.6) is 0 Å².